The van der Waals surface area contributed by atoms with Crippen LogP contribution in [0.1, 0.15) is 23.0 Å². The second-order valence-electron chi connectivity index (χ2n) is 5.26. The lowest BCUT2D eigenvalue weighted by Crippen LogP contribution is -2.34. The molecule has 0 amide bonds. The van der Waals surface area contributed by atoms with Crippen LogP contribution in [0.4, 0.5) is 0 Å². The van der Waals surface area contributed by atoms with Crippen molar-refractivity contribution < 1.29 is 0 Å². The molecule has 106 valence electrons. The van der Waals surface area contributed by atoms with Crippen molar-refractivity contribution in [2.24, 2.45) is 0 Å². The van der Waals surface area contributed by atoms with Gasteiger partial charge in [-0.2, -0.15) is 0 Å². The van der Waals surface area contributed by atoms with Gasteiger partial charge >= 0.3 is 0 Å². The number of aromatic nitrogens is 3. The first-order valence-corrected chi connectivity index (χ1v) is 7.98. The molecule has 21 heavy (non-hydrogen) atoms. The van der Waals surface area contributed by atoms with Gasteiger partial charge in [-0.25, -0.2) is 0 Å². The van der Waals surface area contributed by atoms with Crippen molar-refractivity contribution in [3.05, 3.63) is 58.7 Å². The first kappa shape index (κ1) is 12.7. The number of nitrogens with one attached hydrogen (secondary N) is 1. The van der Waals surface area contributed by atoms with Crippen LogP contribution >= 0.6 is 11.3 Å². The number of rotatable bonds is 2. The number of hydrogen-bond donors (Lipinski definition) is 1. The van der Waals surface area contributed by atoms with E-state index >= 15 is 0 Å². The van der Waals surface area contributed by atoms with Gasteiger partial charge in [-0.05, 0) is 29.5 Å². The summed E-state index contributed by atoms with van der Waals surface area (Å²) in [4.78, 5) is 1.22. The minimum absolute atomic E-state index is 0.126. The molecule has 1 aliphatic heterocycles. The largest absolute Gasteiger partial charge is 0.307 e. The molecule has 0 spiro atoms. The highest BCUT2D eigenvalue weighted by atomic mass is 32.1. The molecule has 5 heteroatoms. The average molecular weight is 296 g/mol. The Kier molecular flexibility index (Phi) is 3.09. The predicted molar refractivity (Wildman–Crippen MR) is 84.4 cm³/mol. The average Bonchev–Trinajstić information content (AvgIpc) is 3.13. The van der Waals surface area contributed by atoms with Gasteiger partial charge in [-0.3, -0.25) is 0 Å². The van der Waals surface area contributed by atoms with E-state index in [-0.39, 0.29) is 6.04 Å². The zero-order valence-corrected chi connectivity index (χ0v) is 12.6. The highest BCUT2D eigenvalue weighted by Crippen LogP contribution is 2.31. The number of thiophene rings is 1. The summed E-state index contributed by atoms with van der Waals surface area (Å²) < 4.78 is 2.26. The van der Waals surface area contributed by atoms with Crippen molar-refractivity contribution >= 4 is 11.3 Å². The first-order chi connectivity index (χ1) is 10.3. The second-order valence-corrected chi connectivity index (χ2v) is 6.18. The van der Waals surface area contributed by atoms with Crippen LogP contribution in [0.5, 0.6) is 0 Å². The van der Waals surface area contributed by atoms with Gasteiger partial charge in [-0.15, -0.1) is 21.5 Å². The summed E-state index contributed by atoms with van der Waals surface area (Å²) in [5.41, 5.74) is 2.50. The lowest BCUT2D eigenvalue weighted by Gasteiger charge is -2.25. The quantitative estimate of drug-likeness (QED) is 0.790. The molecule has 0 saturated heterocycles. The van der Waals surface area contributed by atoms with E-state index in [1.807, 2.05) is 6.07 Å². The molecule has 4 nitrogen and oxygen atoms in total. The Labute approximate surface area is 127 Å². The second kappa shape index (κ2) is 5.09. The fourth-order valence-corrected chi connectivity index (χ4v) is 3.76. The Morgan fingerprint density at radius 1 is 1.19 bits per heavy atom. The number of nitrogens with zero attached hydrogens (tertiary/aromatic N) is 3. The van der Waals surface area contributed by atoms with Gasteiger partial charge in [0, 0.05) is 13.1 Å². The van der Waals surface area contributed by atoms with Crippen LogP contribution in [0.25, 0.3) is 10.7 Å². The fraction of sp³-hybridized carbons (Fsp3) is 0.250. The van der Waals surface area contributed by atoms with Crippen LogP contribution in [0.3, 0.4) is 0 Å². The van der Waals surface area contributed by atoms with Gasteiger partial charge in [0.25, 0.3) is 0 Å². The molecule has 1 aliphatic rings. The van der Waals surface area contributed by atoms with Crippen molar-refractivity contribution in [3.8, 4) is 10.7 Å². The fourth-order valence-electron chi connectivity index (χ4n) is 2.84. The standard InChI is InChI=1S/C16H16N4S/c1-11-7-10-21-14(11)16-19-18-15-13(17-8-9-20(15)16)12-5-3-2-4-6-12/h2-7,10,13,17H,8-9H2,1H3. The van der Waals surface area contributed by atoms with Gasteiger partial charge < -0.3 is 9.88 Å². The van der Waals surface area contributed by atoms with E-state index in [0.717, 1.165) is 24.7 Å². The van der Waals surface area contributed by atoms with Gasteiger partial charge in [0.2, 0.25) is 0 Å². The number of fused-ring (bicyclic) bond motifs is 1. The molecule has 3 heterocycles. The van der Waals surface area contributed by atoms with Crippen LogP contribution in [0.2, 0.25) is 0 Å². The third kappa shape index (κ3) is 2.09. The van der Waals surface area contributed by atoms with Crippen molar-refractivity contribution in [1.29, 1.82) is 0 Å². The molecule has 2 aromatic heterocycles. The molecule has 0 radical (unpaired) electrons. The number of hydrogen-bond acceptors (Lipinski definition) is 4. The Balaban J connectivity index is 1.81. The molecule has 4 rings (SSSR count). The summed E-state index contributed by atoms with van der Waals surface area (Å²) >= 11 is 1.73. The van der Waals surface area contributed by atoms with Gasteiger partial charge in [0.05, 0.1) is 10.9 Å². The van der Waals surface area contributed by atoms with Crippen LogP contribution in [-0.2, 0) is 6.54 Å². The van der Waals surface area contributed by atoms with Crippen molar-refractivity contribution in [1.82, 2.24) is 20.1 Å². The van der Waals surface area contributed by atoms with Crippen molar-refractivity contribution in [3.63, 3.8) is 0 Å². The van der Waals surface area contributed by atoms with E-state index in [2.05, 4.69) is 62.7 Å². The van der Waals surface area contributed by atoms with E-state index in [9.17, 15) is 0 Å². The summed E-state index contributed by atoms with van der Waals surface area (Å²) in [5, 5.41) is 14.6. The minimum atomic E-state index is 0.126. The highest BCUT2D eigenvalue weighted by Gasteiger charge is 2.27. The number of benzene rings is 1. The number of aryl methyl sites for hydroxylation is 1. The molecule has 3 aromatic rings. The molecule has 1 atom stereocenters. The van der Waals surface area contributed by atoms with Crippen LogP contribution in [-0.4, -0.2) is 21.3 Å². The normalized spacial score (nSPS) is 17.7. The zero-order chi connectivity index (χ0) is 14.2. The maximum Gasteiger partial charge on any atom is 0.174 e. The molecular formula is C16H16N4S. The zero-order valence-electron chi connectivity index (χ0n) is 11.8. The Morgan fingerprint density at radius 3 is 2.81 bits per heavy atom. The minimum Gasteiger partial charge on any atom is -0.307 e. The summed E-state index contributed by atoms with van der Waals surface area (Å²) in [6.07, 6.45) is 0. The molecule has 0 bridgehead atoms. The summed E-state index contributed by atoms with van der Waals surface area (Å²) in [5.74, 6) is 2.01. The molecule has 0 aliphatic carbocycles. The Bertz CT molecular complexity index is 760. The lowest BCUT2D eigenvalue weighted by molar-refractivity contribution is 0.458. The van der Waals surface area contributed by atoms with Gasteiger partial charge in [0.1, 0.15) is 0 Å². The predicted octanol–water partition coefficient (Wildman–Crippen LogP) is 3.01. The molecule has 1 N–H and O–H groups in total. The van der Waals surface area contributed by atoms with Crippen molar-refractivity contribution in [2.75, 3.05) is 6.54 Å². The van der Waals surface area contributed by atoms with E-state index in [0.29, 0.717) is 0 Å². The summed E-state index contributed by atoms with van der Waals surface area (Å²) in [6.45, 7) is 3.98. The topological polar surface area (TPSA) is 42.7 Å². The Hall–Kier alpha value is -1.98. The van der Waals surface area contributed by atoms with Gasteiger partial charge in [0.15, 0.2) is 11.6 Å². The molecule has 1 unspecified atom stereocenters. The maximum absolute atomic E-state index is 4.47. The highest BCUT2D eigenvalue weighted by molar-refractivity contribution is 7.13. The van der Waals surface area contributed by atoms with E-state index < -0.39 is 0 Å². The summed E-state index contributed by atoms with van der Waals surface area (Å²) in [7, 11) is 0. The monoisotopic (exact) mass is 296 g/mol. The smallest absolute Gasteiger partial charge is 0.174 e. The molecule has 0 fully saturated rings. The Morgan fingerprint density at radius 2 is 2.05 bits per heavy atom. The van der Waals surface area contributed by atoms with Crippen molar-refractivity contribution in [2.45, 2.75) is 19.5 Å². The van der Waals surface area contributed by atoms with Crippen LogP contribution in [0, 0.1) is 6.92 Å². The third-order valence-electron chi connectivity index (χ3n) is 3.92. The molecule has 0 saturated carbocycles. The lowest BCUT2D eigenvalue weighted by atomic mass is 10.0. The maximum atomic E-state index is 4.47. The van der Waals surface area contributed by atoms with Gasteiger partial charge in [-0.1, -0.05) is 30.3 Å². The van der Waals surface area contributed by atoms with E-state index in [1.54, 1.807) is 11.3 Å². The van der Waals surface area contributed by atoms with E-state index in [4.69, 9.17) is 0 Å². The third-order valence-corrected chi connectivity index (χ3v) is 4.93. The van der Waals surface area contributed by atoms with Crippen LogP contribution < -0.4 is 5.32 Å². The SMILES string of the molecule is Cc1ccsc1-c1nnc2n1CCNC2c1ccccc1. The van der Waals surface area contributed by atoms with E-state index in [1.165, 1.54) is 16.0 Å². The molecule has 1 aromatic carbocycles. The van der Waals surface area contributed by atoms with Crippen LogP contribution in [0.15, 0.2) is 41.8 Å². The first-order valence-electron chi connectivity index (χ1n) is 7.10. The molecular weight excluding hydrogens is 280 g/mol. The summed E-state index contributed by atoms with van der Waals surface area (Å²) in [6, 6.07) is 12.7.